The molecule has 0 saturated carbocycles. The molecule has 1 amide bonds. The molecule has 1 aromatic heterocycles. The molecular formula is C32H29N5O3S. The number of hydrogen-bond donors (Lipinski definition) is 1. The SMILES string of the molecule is Cc1ccc(-n2c(SCc3cccc(C)c3)nnc2C(Cc2ccccc2)NC(=O)c2ccc([N+](=O)[O-])cc2)cc1. The Hall–Kier alpha value is -4.76. The maximum atomic E-state index is 13.4. The zero-order chi connectivity index (χ0) is 28.8. The number of hydrogen-bond acceptors (Lipinski definition) is 6. The fraction of sp³-hybridized carbons (Fsp3) is 0.156. The summed E-state index contributed by atoms with van der Waals surface area (Å²) < 4.78 is 2.00. The second-order valence-electron chi connectivity index (χ2n) is 9.81. The average molecular weight is 564 g/mol. The number of nitrogens with zero attached hydrogens (tertiary/aromatic N) is 4. The third-order valence-corrected chi connectivity index (χ3v) is 7.64. The molecule has 0 aliphatic carbocycles. The predicted octanol–water partition coefficient (Wildman–Crippen LogP) is 6.80. The van der Waals surface area contributed by atoms with Gasteiger partial charge in [0.15, 0.2) is 11.0 Å². The molecule has 0 spiro atoms. The summed E-state index contributed by atoms with van der Waals surface area (Å²) in [6, 6.07) is 31.4. The van der Waals surface area contributed by atoms with Crippen LogP contribution < -0.4 is 5.32 Å². The molecular weight excluding hydrogens is 534 g/mol. The second-order valence-corrected chi connectivity index (χ2v) is 10.8. The van der Waals surface area contributed by atoms with Crippen molar-refractivity contribution in [1.29, 1.82) is 0 Å². The molecule has 1 atom stereocenters. The fourth-order valence-electron chi connectivity index (χ4n) is 4.52. The molecule has 0 bridgehead atoms. The Labute approximate surface area is 242 Å². The number of carbonyl (C=O) groups is 1. The highest BCUT2D eigenvalue weighted by Crippen LogP contribution is 2.29. The summed E-state index contributed by atoms with van der Waals surface area (Å²) in [5.41, 5.74) is 5.67. The summed E-state index contributed by atoms with van der Waals surface area (Å²) >= 11 is 1.58. The van der Waals surface area contributed by atoms with Crippen LogP contribution in [0.5, 0.6) is 0 Å². The Bertz CT molecular complexity index is 1650. The maximum Gasteiger partial charge on any atom is 0.269 e. The Kier molecular flexibility index (Phi) is 8.55. The molecule has 5 rings (SSSR count). The van der Waals surface area contributed by atoms with Crippen LogP contribution in [0, 0.1) is 24.0 Å². The van der Waals surface area contributed by atoms with Gasteiger partial charge < -0.3 is 5.32 Å². The highest BCUT2D eigenvalue weighted by atomic mass is 32.2. The van der Waals surface area contributed by atoms with E-state index in [4.69, 9.17) is 0 Å². The van der Waals surface area contributed by atoms with Gasteiger partial charge in [-0.15, -0.1) is 10.2 Å². The van der Waals surface area contributed by atoms with Crippen LogP contribution in [-0.4, -0.2) is 25.6 Å². The highest BCUT2D eigenvalue weighted by molar-refractivity contribution is 7.98. The van der Waals surface area contributed by atoms with Crippen LogP contribution in [0.1, 0.15) is 44.5 Å². The van der Waals surface area contributed by atoms with Crippen molar-refractivity contribution in [3.63, 3.8) is 0 Å². The van der Waals surface area contributed by atoms with Gasteiger partial charge >= 0.3 is 0 Å². The van der Waals surface area contributed by atoms with Gasteiger partial charge in [0.05, 0.1) is 11.0 Å². The molecule has 0 radical (unpaired) electrons. The molecule has 0 aliphatic rings. The van der Waals surface area contributed by atoms with E-state index in [-0.39, 0.29) is 11.6 Å². The summed E-state index contributed by atoms with van der Waals surface area (Å²) in [5.74, 6) is 0.956. The van der Waals surface area contributed by atoms with Gasteiger partial charge in [-0.25, -0.2) is 0 Å². The first-order valence-corrected chi connectivity index (χ1v) is 14.2. The van der Waals surface area contributed by atoms with Crippen LogP contribution in [0.25, 0.3) is 5.69 Å². The van der Waals surface area contributed by atoms with Gasteiger partial charge in [-0.1, -0.05) is 89.6 Å². The lowest BCUT2D eigenvalue weighted by Gasteiger charge is -2.20. The zero-order valence-electron chi connectivity index (χ0n) is 22.7. The quantitative estimate of drug-likeness (QED) is 0.114. The van der Waals surface area contributed by atoms with Crippen LogP contribution in [-0.2, 0) is 12.2 Å². The molecule has 1 N–H and O–H groups in total. The Morgan fingerprint density at radius 1 is 0.878 bits per heavy atom. The topological polar surface area (TPSA) is 103 Å². The van der Waals surface area contributed by atoms with E-state index in [1.807, 2.05) is 72.2 Å². The summed E-state index contributed by atoms with van der Waals surface area (Å²) in [6.07, 6.45) is 0.478. The lowest BCUT2D eigenvalue weighted by molar-refractivity contribution is -0.384. The monoisotopic (exact) mass is 563 g/mol. The van der Waals surface area contributed by atoms with Gasteiger partial charge in [-0.3, -0.25) is 19.5 Å². The van der Waals surface area contributed by atoms with Crippen molar-refractivity contribution in [3.05, 3.63) is 147 Å². The number of thioether (sulfide) groups is 1. The van der Waals surface area contributed by atoms with E-state index < -0.39 is 11.0 Å². The van der Waals surface area contributed by atoms with Crippen LogP contribution in [0.3, 0.4) is 0 Å². The van der Waals surface area contributed by atoms with Gasteiger partial charge in [-0.2, -0.15) is 0 Å². The van der Waals surface area contributed by atoms with Gasteiger partial charge in [-0.05, 0) is 55.7 Å². The number of benzene rings is 4. The van der Waals surface area contributed by atoms with Gasteiger partial charge in [0.2, 0.25) is 0 Å². The van der Waals surface area contributed by atoms with E-state index in [1.165, 1.54) is 35.4 Å². The fourth-order valence-corrected chi connectivity index (χ4v) is 5.42. The second kappa shape index (κ2) is 12.6. The minimum Gasteiger partial charge on any atom is -0.342 e. The number of non-ortho nitro benzene ring substituents is 1. The van der Waals surface area contributed by atoms with Crippen LogP contribution in [0.15, 0.2) is 108 Å². The molecule has 1 unspecified atom stereocenters. The van der Waals surface area contributed by atoms with E-state index in [2.05, 4.69) is 40.6 Å². The van der Waals surface area contributed by atoms with Gasteiger partial charge in [0.1, 0.15) is 0 Å². The standard InChI is InChI=1S/C32H29N5O3S/c1-22-11-15-27(16-12-22)36-30(34-35-32(36)41-21-25-10-6-7-23(2)19-25)29(20-24-8-4-3-5-9-24)33-31(38)26-13-17-28(18-14-26)37(39)40/h3-19,29H,20-21H2,1-2H3,(H,33,38). The van der Waals surface area contributed by atoms with E-state index >= 15 is 0 Å². The average Bonchev–Trinajstić information content (AvgIpc) is 3.40. The van der Waals surface area contributed by atoms with E-state index in [9.17, 15) is 14.9 Å². The number of aryl methyl sites for hydroxylation is 2. The first-order valence-electron chi connectivity index (χ1n) is 13.2. The Morgan fingerprint density at radius 2 is 1.59 bits per heavy atom. The molecule has 0 saturated heterocycles. The van der Waals surface area contributed by atoms with Crippen molar-refractivity contribution in [3.8, 4) is 5.69 Å². The number of amides is 1. The van der Waals surface area contributed by atoms with Crippen LogP contribution >= 0.6 is 11.8 Å². The number of aromatic nitrogens is 3. The molecule has 0 fully saturated rings. The van der Waals surface area contributed by atoms with Crippen LogP contribution in [0.2, 0.25) is 0 Å². The molecule has 9 heteroatoms. The molecule has 0 aliphatic heterocycles. The van der Waals surface area contributed by atoms with Crippen molar-refractivity contribution in [2.45, 2.75) is 37.2 Å². The van der Waals surface area contributed by atoms with Gasteiger partial charge in [0.25, 0.3) is 11.6 Å². The largest absolute Gasteiger partial charge is 0.342 e. The number of nitrogens with one attached hydrogen (secondary N) is 1. The zero-order valence-corrected chi connectivity index (χ0v) is 23.5. The van der Waals surface area contributed by atoms with Crippen molar-refractivity contribution < 1.29 is 9.72 Å². The molecule has 5 aromatic rings. The first-order chi connectivity index (χ1) is 19.9. The lowest BCUT2D eigenvalue weighted by Crippen LogP contribution is -2.32. The van der Waals surface area contributed by atoms with Crippen molar-refractivity contribution in [2.24, 2.45) is 0 Å². The smallest absolute Gasteiger partial charge is 0.269 e. The summed E-state index contributed by atoms with van der Waals surface area (Å²) in [4.78, 5) is 24.0. The Balaban J connectivity index is 1.52. The number of rotatable bonds is 10. The molecule has 41 heavy (non-hydrogen) atoms. The van der Waals surface area contributed by atoms with Crippen molar-refractivity contribution in [1.82, 2.24) is 20.1 Å². The van der Waals surface area contributed by atoms with Crippen molar-refractivity contribution >= 4 is 23.4 Å². The molecule has 1 heterocycles. The predicted molar refractivity (Wildman–Crippen MR) is 160 cm³/mol. The van der Waals surface area contributed by atoms with Crippen molar-refractivity contribution in [2.75, 3.05) is 0 Å². The minimum atomic E-state index is -0.526. The lowest BCUT2D eigenvalue weighted by atomic mass is 10.0. The molecule has 8 nitrogen and oxygen atoms in total. The number of nitro benzene ring substituents is 1. The Morgan fingerprint density at radius 3 is 2.27 bits per heavy atom. The minimum absolute atomic E-state index is 0.0724. The summed E-state index contributed by atoms with van der Waals surface area (Å²) in [5, 5.41) is 24.1. The van der Waals surface area contributed by atoms with E-state index in [0.717, 1.165) is 16.8 Å². The van der Waals surface area contributed by atoms with E-state index in [0.29, 0.717) is 28.7 Å². The maximum absolute atomic E-state index is 13.4. The third-order valence-electron chi connectivity index (χ3n) is 6.64. The molecule has 4 aromatic carbocycles. The van der Waals surface area contributed by atoms with Gasteiger partial charge in [0, 0.05) is 29.1 Å². The number of carbonyl (C=O) groups excluding carboxylic acids is 1. The third kappa shape index (κ3) is 6.88. The van der Waals surface area contributed by atoms with E-state index in [1.54, 1.807) is 11.8 Å². The molecule has 206 valence electrons. The first kappa shape index (κ1) is 27.8. The normalized spacial score (nSPS) is 11.7. The van der Waals surface area contributed by atoms with Crippen LogP contribution in [0.4, 0.5) is 5.69 Å². The number of nitro groups is 1. The summed E-state index contributed by atoms with van der Waals surface area (Å²) in [6.45, 7) is 4.11. The highest BCUT2D eigenvalue weighted by Gasteiger charge is 2.25. The summed E-state index contributed by atoms with van der Waals surface area (Å²) in [7, 11) is 0.